The second kappa shape index (κ2) is 5.82. The molecule has 5 nitrogen and oxygen atoms in total. The van der Waals surface area contributed by atoms with E-state index >= 15 is 0 Å². The molecule has 0 radical (unpaired) electrons. The molecule has 3 rings (SSSR count). The molecule has 0 aliphatic carbocycles. The van der Waals surface area contributed by atoms with Crippen LogP contribution in [0.5, 0.6) is 0 Å². The summed E-state index contributed by atoms with van der Waals surface area (Å²) < 4.78 is 0. The van der Waals surface area contributed by atoms with Crippen molar-refractivity contribution in [3.8, 4) is 0 Å². The zero-order valence-corrected chi connectivity index (χ0v) is 12.8. The number of benzene rings is 2. The number of thiocarbonyl (C=S) groups is 1. The van der Waals surface area contributed by atoms with Crippen molar-refractivity contribution >= 4 is 45.9 Å². The Morgan fingerprint density at radius 3 is 2.73 bits per heavy atom. The number of benzodiazepines with no additional fused rings is 1. The summed E-state index contributed by atoms with van der Waals surface area (Å²) in [5.41, 5.74) is 2.61. The van der Waals surface area contributed by atoms with E-state index in [2.05, 4.69) is 10.3 Å². The van der Waals surface area contributed by atoms with Gasteiger partial charge in [0.15, 0.2) is 0 Å². The smallest absolute Gasteiger partial charge is 0.270 e. The van der Waals surface area contributed by atoms with Crippen molar-refractivity contribution in [1.82, 2.24) is 0 Å². The third kappa shape index (κ3) is 2.70. The van der Waals surface area contributed by atoms with Crippen LogP contribution in [0.2, 0.25) is 5.02 Å². The molecular formula is C15H10ClN3O2S. The normalized spacial score (nSPS) is 13.7. The molecule has 0 atom stereocenters. The van der Waals surface area contributed by atoms with E-state index in [9.17, 15) is 10.1 Å². The second-order valence-electron chi connectivity index (χ2n) is 4.68. The first kappa shape index (κ1) is 14.6. The number of non-ortho nitro benzene ring substituents is 1. The molecule has 0 amide bonds. The van der Waals surface area contributed by atoms with E-state index in [1.807, 2.05) is 18.2 Å². The summed E-state index contributed by atoms with van der Waals surface area (Å²) in [6.45, 7) is 0.304. The van der Waals surface area contributed by atoms with Crippen molar-refractivity contribution in [2.24, 2.45) is 4.99 Å². The number of nitro benzene ring substituents is 1. The van der Waals surface area contributed by atoms with Gasteiger partial charge in [0.2, 0.25) is 0 Å². The first-order chi connectivity index (χ1) is 10.6. The van der Waals surface area contributed by atoms with E-state index in [0.29, 0.717) is 33.5 Å². The topological polar surface area (TPSA) is 67.5 Å². The molecule has 1 aliphatic rings. The summed E-state index contributed by atoms with van der Waals surface area (Å²) in [6, 6.07) is 11.8. The molecule has 0 saturated heterocycles. The second-order valence-corrected chi connectivity index (χ2v) is 5.58. The Kier molecular flexibility index (Phi) is 3.87. The van der Waals surface area contributed by atoms with E-state index in [4.69, 9.17) is 23.8 Å². The van der Waals surface area contributed by atoms with E-state index in [1.54, 1.807) is 12.1 Å². The lowest BCUT2D eigenvalue weighted by atomic mass is 10.00. The van der Waals surface area contributed by atoms with Crippen molar-refractivity contribution < 1.29 is 4.92 Å². The van der Waals surface area contributed by atoms with Gasteiger partial charge in [-0.3, -0.25) is 15.1 Å². The van der Waals surface area contributed by atoms with Crippen molar-refractivity contribution in [3.05, 3.63) is 68.7 Å². The number of fused-ring (bicyclic) bond motifs is 1. The summed E-state index contributed by atoms with van der Waals surface area (Å²) in [7, 11) is 0. The van der Waals surface area contributed by atoms with Crippen LogP contribution in [-0.2, 0) is 0 Å². The molecule has 7 heteroatoms. The van der Waals surface area contributed by atoms with Crippen LogP contribution in [0.15, 0.2) is 47.5 Å². The molecular weight excluding hydrogens is 322 g/mol. The van der Waals surface area contributed by atoms with Crippen molar-refractivity contribution in [2.75, 3.05) is 11.9 Å². The number of rotatable bonds is 2. The van der Waals surface area contributed by atoms with E-state index < -0.39 is 4.92 Å². The lowest BCUT2D eigenvalue weighted by molar-refractivity contribution is -0.384. The van der Waals surface area contributed by atoms with Gasteiger partial charge in [0.05, 0.1) is 17.2 Å². The third-order valence-electron chi connectivity index (χ3n) is 3.25. The highest BCUT2D eigenvalue weighted by Crippen LogP contribution is 2.29. The number of halogens is 1. The number of hydrogen-bond donors (Lipinski definition) is 1. The monoisotopic (exact) mass is 331 g/mol. The highest BCUT2D eigenvalue weighted by molar-refractivity contribution is 7.80. The predicted octanol–water partition coefficient (Wildman–Crippen LogP) is 3.84. The molecule has 1 aliphatic heterocycles. The minimum atomic E-state index is -0.437. The Balaban J connectivity index is 2.23. The maximum Gasteiger partial charge on any atom is 0.270 e. The predicted molar refractivity (Wildman–Crippen MR) is 91.3 cm³/mol. The molecule has 1 N–H and O–H groups in total. The summed E-state index contributed by atoms with van der Waals surface area (Å²) in [5, 5.41) is 14.6. The minimum Gasteiger partial charge on any atom is -0.348 e. The molecule has 2 aromatic carbocycles. The van der Waals surface area contributed by atoms with E-state index in [0.717, 1.165) is 5.56 Å². The lowest BCUT2D eigenvalue weighted by Crippen LogP contribution is -2.11. The van der Waals surface area contributed by atoms with Crippen molar-refractivity contribution in [2.45, 2.75) is 0 Å². The van der Waals surface area contributed by atoms with Gasteiger partial charge in [0.25, 0.3) is 5.69 Å². The fraction of sp³-hybridized carbons (Fsp3) is 0.0667. The highest BCUT2D eigenvalue weighted by Gasteiger charge is 2.21. The highest BCUT2D eigenvalue weighted by atomic mass is 35.5. The zero-order chi connectivity index (χ0) is 15.7. The Morgan fingerprint density at radius 1 is 1.23 bits per heavy atom. The van der Waals surface area contributed by atoms with Crippen LogP contribution in [0.1, 0.15) is 11.1 Å². The third-order valence-corrected chi connectivity index (χ3v) is 3.81. The zero-order valence-electron chi connectivity index (χ0n) is 11.2. The molecule has 0 unspecified atom stereocenters. The number of nitrogens with one attached hydrogen (secondary N) is 1. The summed E-state index contributed by atoms with van der Waals surface area (Å²) in [5.74, 6) is 0. The fourth-order valence-corrected chi connectivity index (χ4v) is 2.66. The number of nitrogens with zero attached hydrogens (tertiary/aromatic N) is 2. The van der Waals surface area contributed by atoms with Gasteiger partial charge in [-0.15, -0.1) is 0 Å². The standard InChI is InChI=1S/C15H10ClN3O2S/c16-12-4-2-1-3-10(12)15-11-7-9(19(20)21)5-6-13(11)18-14(22)8-17-15/h1-7H,8H2,(H,18,22). The average Bonchev–Trinajstić information content (AvgIpc) is 2.65. The molecule has 0 fully saturated rings. The molecule has 0 bridgehead atoms. The Bertz CT molecular complexity index is 820. The van der Waals surface area contributed by atoms with Crippen LogP contribution in [0.25, 0.3) is 0 Å². The van der Waals surface area contributed by atoms with E-state index in [-0.39, 0.29) is 5.69 Å². The van der Waals surface area contributed by atoms with E-state index in [1.165, 1.54) is 12.1 Å². The molecule has 22 heavy (non-hydrogen) atoms. The Morgan fingerprint density at radius 2 is 2.00 bits per heavy atom. The van der Waals surface area contributed by atoms with Crippen molar-refractivity contribution in [1.29, 1.82) is 0 Å². The molecule has 110 valence electrons. The summed E-state index contributed by atoms with van der Waals surface area (Å²) in [6.07, 6.45) is 0. The number of hydrogen-bond acceptors (Lipinski definition) is 4. The number of nitro groups is 1. The Hall–Kier alpha value is -2.31. The molecule has 1 heterocycles. The SMILES string of the molecule is O=[N+]([O-])c1ccc2c(c1)C(c1ccccc1Cl)=NCC(=S)N2. The van der Waals surface area contributed by atoms with Crippen LogP contribution in [-0.4, -0.2) is 22.2 Å². The largest absolute Gasteiger partial charge is 0.348 e. The van der Waals surface area contributed by atoms with Gasteiger partial charge in [-0.2, -0.15) is 0 Å². The maximum absolute atomic E-state index is 11.0. The lowest BCUT2D eigenvalue weighted by Gasteiger charge is -2.11. The number of aliphatic imine (C=N–C) groups is 1. The maximum atomic E-state index is 11.0. The molecule has 0 aromatic heterocycles. The summed E-state index contributed by atoms with van der Waals surface area (Å²) >= 11 is 11.5. The van der Waals surface area contributed by atoms with Crippen LogP contribution in [0.4, 0.5) is 11.4 Å². The van der Waals surface area contributed by atoms with Crippen LogP contribution in [0.3, 0.4) is 0 Å². The molecule has 2 aromatic rings. The van der Waals surface area contributed by atoms with Gasteiger partial charge in [-0.1, -0.05) is 42.0 Å². The quantitative estimate of drug-likeness (QED) is 0.516. The first-order valence-electron chi connectivity index (χ1n) is 6.44. The van der Waals surface area contributed by atoms with Gasteiger partial charge in [-0.25, -0.2) is 0 Å². The van der Waals surface area contributed by atoms with Crippen LogP contribution < -0.4 is 5.32 Å². The van der Waals surface area contributed by atoms with Crippen molar-refractivity contribution in [3.63, 3.8) is 0 Å². The van der Waals surface area contributed by atoms with Crippen LogP contribution >= 0.6 is 23.8 Å². The van der Waals surface area contributed by atoms with Crippen LogP contribution in [0, 0.1) is 10.1 Å². The van der Waals surface area contributed by atoms with Gasteiger partial charge in [-0.05, 0) is 12.1 Å². The molecule has 0 spiro atoms. The summed E-state index contributed by atoms with van der Waals surface area (Å²) in [4.78, 5) is 15.6. The number of anilines is 1. The average molecular weight is 332 g/mol. The minimum absolute atomic E-state index is 0.00637. The molecule has 0 saturated carbocycles. The van der Waals surface area contributed by atoms with Gasteiger partial charge < -0.3 is 5.32 Å². The fourth-order valence-electron chi connectivity index (χ4n) is 2.26. The van der Waals surface area contributed by atoms with Gasteiger partial charge in [0, 0.05) is 34.0 Å². The Labute approximate surface area is 136 Å². The first-order valence-corrected chi connectivity index (χ1v) is 7.23. The van der Waals surface area contributed by atoms with Gasteiger partial charge in [0.1, 0.15) is 4.99 Å². The van der Waals surface area contributed by atoms with Gasteiger partial charge >= 0.3 is 0 Å².